The van der Waals surface area contributed by atoms with Crippen molar-refractivity contribution in [3.63, 3.8) is 0 Å². The lowest BCUT2D eigenvalue weighted by atomic mass is 10.2. The molecule has 132 valence electrons. The lowest BCUT2D eigenvalue weighted by molar-refractivity contribution is 0.132. The zero-order valence-electron chi connectivity index (χ0n) is 13.5. The van der Waals surface area contributed by atoms with Gasteiger partial charge in [-0.05, 0) is 19.1 Å². The first kappa shape index (κ1) is 17.4. The number of benzene rings is 1. The van der Waals surface area contributed by atoms with E-state index in [0.29, 0.717) is 16.5 Å². The Kier molecular flexibility index (Phi) is 5.03. The highest BCUT2D eigenvalue weighted by Crippen LogP contribution is 2.31. The maximum Gasteiger partial charge on any atom is 0.327 e. The second-order valence-corrected chi connectivity index (χ2v) is 6.12. The van der Waals surface area contributed by atoms with Crippen LogP contribution >= 0.6 is 11.6 Å². The van der Waals surface area contributed by atoms with Crippen LogP contribution in [-0.2, 0) is 6.54 Å². The number of fused-ring (bicyclic) bond motifs is 1. The van der Waals surface area contributed by atoms with Crippen LogP contribution in [0.2, 0.25) is 5.02 Å². The third-order valence-corrected chi connectivity index (χ3v) is 4.22. The summed E-state index contributed by atoms with van der Waals surface area (Å²) in [6.07, 6.45) is 0.805. The van der Waals surface area contributed by atoms with Crippen LogP contribution in [0.3, 0.4) is 0 Å². The van der Waals surface area contributed by atoms with Gasteiger partial charge in [0.2, 0.25) is 5.95 Å². The summed E-state index contributed by atoms with van der Waals surface area (Å²) in [5, 5.41) is 24.9. The topological polar surface area (TPSA) is 111 Å². The molecule has 2 heterocycles. The molecule has 1 aromatic carbocycles. The minimum absolute atomic E-state index is 0.213. The molecule has 0 bridgehead atoms. The number of urea groups is 1. The molecule has 2 aromatic rings. The van der Waals surface area contributed by atoms with Gasteiger partial charge in [0, 0.05) is 11.8 Å². The van der Waals surface area contributed by atoms with Gasteiger partial charge in [-0.25, -0.2) is 9.78 Å². The number of amides is 2. The van der Waals surface area contributed by atoms with Crippen molar-refractivity contribution >= 4 is 35.1 Å². The molecule has 0 fully saturated rings. The van der Waals surface area contributed by atoms with Crippen molar-refractivity contribution < 1.29 is 15.0 Å². The molecule has 9 heteroatoms. The summed E-state index contributed by atoms with van der Waals surface area (Å²) in [6.45, 7) is 1.56. The monoisotopic (exact) mass is 363 g/mol. The molecular formula is C16H18ClN5O3. The molecule has 8 nitrogen and oxygen atoms in total. The number of halogens is 1. The zero-order chi connectivity index (χ0) is 18.0. The molecule has 0 spiro atoms. The van der Waals surface area contributed by atoms with Crippen LogP contribution in [-0.4, -0.2) is 45.0 Å². The van der Waals surface area contributed by atoms with E-state index in [4.69, 9.17) is 11.6 Å². The number of aliphatic hydroxyl groups is 2. The number of aliphatic hydroxyl groups excluding tert-OH is 2. The maximum atomic E-state index is 12.4. The molecule has 25 heavy (non-hydrogen) atoms. The number of anilines is 3. The molecule has 1 aliphatic rings. The molecule has 3 rings (SSSR count). The Morgan fingerprint density at radius 1 is 1.44 bits per heavy atom. The molecule has 0 saturated heterocycles. The number of rotatable bonds is 5. The summed E-state index contributed by atoms with van der Waals surface area (Å²) in [4.78, 5) is 22.3. The number of para-hydroxylation sites is 1. The highest BCUT2D eigenvalue weighted by Gasteiger charge is 2.27. The Hall–Kier alpha value is -2.42. The highest BCUT2D eigenvalue weighted by molar-refractivity contribution is 6.34. The van der Waals surface area contributed by atoms with Crippen molar-refractivity contribution in [3.05, 3.63) is 41.0 Å². The second-order valence-electron chi connectivity index (χ2n) is 5.71. The van der Waals surface area contributed by atoms with Crippen LogP contribution in [0.15, 0.2) is 30.5 Å². The first-order valence-electron chi connectivity index (χ1n) is 7.74. The van der Waals surface area contributed by atoms with Crippen LogP contribution < -0.4 is 15.5 Å². The van der Waals surface area contributed by atoms with Crippen LogP contribution in [0.1, 0.15) is 12.5 Å². The Morgan fingerprint density at radius 2 is 2.20 bits per heavy atom. The van der Waals surface area contributed by atoms with E-state index in [1.54, 1.807) is 37.4 Å². The van der Waals surface area contributed by atoms with E-state index in [2.05, 4.69) is 20.6 Å². The van der Waals surface area contributed by atoms with Gasteiger partial charge in [0.25, 0.3) is 0 Å². The summed E-state index contributed by atoms with van der Waals surface area (Å²) < 4.78 is 0. The van der Waals surface area contributed by atoms with E-state index in [-0.39, 0.29) is 25.1 Å². The number of aromatic nitrogens is 2. The van der Waals surface area contributed by atoms with Gasteiger partial charge in [-0.1, -0.05) is 23.7 Å². The van der Waals surface area contributed by atoms with Gasteiger partial charge in [0.05, 0.1) is 36.0 Å². The smallest absolute Gasteiger partial charge is 0.327 e. The van der Waals surface area contributed by atoms with Crippen molar-refractivity contribution in [1.82, 2.24) is 9.97 Å². The molecule has 4 N–H and O–H groups in total. The van der Waals surface area contributed by atoms with Gasteiger partial charge in [-0.15, -0.1) is 0 Å². The molecular weight excluding hydrogens is 346 g/mol. The fraction of sp³-hybridized carbons (Fsp3) is 0.312. The average molecular weight is 364 g/mol. The fourth-order valence-electron chi connectivity index (χ4n) is 2.46. The third kappa shape index (κ3) is 3.65. The summed E-state index contributed by atoms with van der Waals surface area (Å²) in [5.74, 6) is 0.596. The number of carbonyl (C=O) groups is 1. The Balaban J connectivity index is 1.83. The van der Waals surface area contributed by atoms with E-state index in [9.17, 15) is 15.0 Å². The van der Waals surface area contributed by atoms with Gasteiger partial charge in [-0.2, -0.15) is 4.98 Å². The quantitative estimate of drug-likeness (QED) is 0.645. The lowest BCUT2D eigenvalue weighted by Crippen LogP contribution is -2.40. The summed E-state index contributed by atoms with van der Waals surface area (Å²) in [5.41, 5.74) is 1.33. The van der Waals surface area contributed by atoms with Crippen molar-refractivity contribution in [2.24, 2.45) is 0 Å². The fourth-order valence-corrected chi connectivity index (χ4v) is 2.70. The van der Waals surface area contributed by atoms with Crippen LogP contribution in [0, 0.1) is 0 Å². The predicted octanol–water partition coefficient (Wildman–Crippen LogP) is 1.84. The van der Waals surface area contributed by atoms with E-state index < -0.39 is 12.1 Å². The minimum Gasteiger partial charge on any atom is -0.394 e. The highest BCUT2D eigenvalue weighted by atomic mass is 35.5. The van der Waals surface area contributed by atoms with Crippen LogP contribution in [0.25, 0.3) is 0 Å². The SMILES string of the molecule is C[C@@H](O)[C@@H](CO)Nc1ncc2c(n1)NC(=O)N(c1ccccc1Cl)C2. The number of nitrogens with one attached hydrogen (secondary N) is 2. The predicted molar refractivity (Wildman–Crippen MR) is 94.9 cm³/mol. The zero-order valence-corrected chi connectivity index (χ0v) is 14.2. The molecule has 1 aromatic heterocycles. The maximum absolute atomic E-state index is 12.4. The van der Waals surface area contributed by atoms with Crippen molar-refractivity contribution in [2.75, 3.05) is 22.1 Å². The summed E-state index contributed by atoms with van der Waals surface area (Å²) >= 11 is 6.17. The Labute approximate surface area is 149 Å². The Bertz CT molecular complexity index is 786. The molecule has 0 saturated carbocycles. The first-order chi connectivity index (χ1) is 12.0. The summed E-state index contributed by atoms with van der Waals surface area (Å²) in [6, 6.07) is 6.13. The third-order valence-electron chi connectivity index (χ3n) is 3.90. The molecule has 1 aliphatic heterocycles. The molecule has 2 amide bonds. The minimum atomic E-state index is -0.782. The summed E-state index contributed by atoms with van der Waals surface area (Å²) in [7, 11) is 0. The average Bonchev–Trinajstić information content (AvgIpc) is 2.59. The van der Waals surface area contributed by atoms with E-state index in [0.717, 1.165) is 5.56 Å². The molecule has 2 atom stereocenters. The van der Waals surface area contributed by atoms with Gasteiger partial charge in [-0.3, -0.25) is 10.2 Å². The largest absolute Gasteiger partial charge is 0.394 e. The van der Waals surface area contributed by atoms with Crippen molar-refractivity contribution in [2.45, 2.75) is 25.6 Å². The van der Waals surface area contributed by atoms with Gasteiger partial charge in [0.1, 0.15) is 5.82 Å². The Morgan fingerprint density at radius 3 is 2.88 bits per heavy atom. The number of carbonyl (C=O) groups excluding carboxylic acids is 1. The standard InChI is InChI=1S/C16H18ClN5O3/c1-9(24)12(8-23)19-15-18-6-10-7-22(16(25)21-14(10)20-15)13-5-3-2-4-11(13)17/h2-6,9,12,23-24H,7-8H2,1H3,(H2,18,19,20,21,25)/t9-,12-/m1/s1. The van der Waals surface area contributed by atoms with E-state index in [1.807, 2.05) is 0 Å². The van der Waals surface area contributed by atoms with Gasteiger partial charge < -0.3 is 15.5 Å². The molecule has 0 radical (unpaired) electrons. The van der Waals surface area contributed by atoms with Crippen molar-refractivity contribution in [3.8, 4) is 0 Å². The van der Waals surface area contributed by atoms with Crippen LogP contribution in [0.4, 0.5) is 22.2 Å². The number of hydrogen-bond donors (Lipinski definition) is 4. The second kappa shape index (κ2) is 7.22. The lowest BCUT2D eigenvalue weighted by Gasteiger charge is -2.29. The number of hydrogen-bond acceptors (Lipinski definition) is 6. The normalized spacial score (nSPS) is 16.0. The first-order valence-corrected chi connectivity index (χ1v) is 8.12. The molecule has 0 unspecified atom stereocenters. The van der Waals surface area contributed by atoms with E-state index in [1.165, 1.54) is 4.90 Å². The van der Waals surface area contributed by atoms with Crippen molar-refractivity contribution in [1.29, 1.82) is 0 Å². The number of nitrogens with zero attached hydrogens (tertiary/aromatic N) is 3. The van der Waals surface area contributed by atoms with Crippen LogP contribution in [0.5, 0.6) is 0 Å². The van der Waals surface area contributed by atoms with Gasteiger partial charge in [0.15, 0.2) is 0 Å². The van der Waals surface area contributed by atoms with Gasteiger partial charge >= 0.3 is 6.03 Å². The van der Waals surface area contributed by atoms with E-state index >= 15 is 0 Å². The molecule has 0 aliphatic carbocycles.